The predicted molar refractivity (Wildman–Crippen MR) is 69.6 cm³/mol. The van der Waals surface area contributed by atoms with E-state index in [1.807, 2.05) is 12.1 Å². The lowest BCUT2D eigenvalue weighted by molar-refractivity contribution is 0.256. The number of nitrogens with two attached hydrogens (primary N) is 1. The molecule has 0 amide bonds. The molecule has 2 N–H and O–H groups in total. The zero-order chi connectivity index (χ0) is 12.3. The fourth-order valence-electron chi connectivity index (χ4n) is 2.64. The highest BCUT2D eigenvalue weighted by molar-refractivity contribution is 5.47. The summed E-state index contributed by atoms with van der Waals surface area (Å²) >= 11 is 0. The third-order valence-corrected chi connectivity index (χ3v) is 3.83. The lowest BCUT2D eigenvalue weighted by atomic mass is 9.79. The molecule has 94 valence electrons. The van der Waals surface area contributed by atoms with Crippen LogP contribution in [0.1, 0.15) is 26.2 Å². The molecule has 0 heterocycles. The summed E-state index contributed by atoms with van der Waals surface area (Å²) in [6.45, 7) is 3.73. The Morgan fingerprint density at radius 1 is 1.35 bits per heavy atom. The van der Waals surface area contributed by atoms with Crippen LogP contribution in [0.15, 0.2) is 24.3 Å². The van der Waals surface area contributed by atoms with E-state index >= 15 is 0 Å². The molecule has 0 spiro atoms. The van der Waals surface area contributed by atoms with Crippen molar-refractivity contribution >= 4 is 5.69 Å². The summed E-state index contributed by atoms with van der Waals surface area (Å²) in [6.07, 6.45) is 3.88. The molecule has 0 bridgehead atoms. The fraction of sp³-hybridized carbons (Fsp3) is 0.571. The molecule has 1 fully saturated rings. The van der Waals surface area contributed by atoms with Gasteiger partial charge in [0.15, 0.2) is 0 Å². The van der Waals surface area contributed by atoms with Gasteiger partial charge in [0.1, 0.15) is 5.82 Å². The minimum absolute atomic E-state index is 0.183. The van der Waals surface area contributed by atoms with Crippen molar-refractivity contribution in [1.82, 2.24) is 0 Å². The first kappa shape index (κ1) is 12.4. The van der Waals surface area contributed by atoms with Crippen molar-refractivity contribution in [3.05, 3.63) is 30.1 Å². The van der Waals surface area contributed by atoms with E-state index in [1.54, 1.807) is 0 Å². The van der Waals surface area contributed by atoms with Crippen molar-refractivity contribution in [2.24, 2.45) is 11.7 Å². The number of nitrogens with zero attached hydrogens (tertiary/aromatic N) is 1. The summed E-state index contributed by atoms with van der Waals surface area (Å²) < 4.78 is 12.9. The maximum Gasteiger partial charge on any atom is 0.123 e. The largest absolute Gasteiger partial charge is 0.367 e. The molecular weight excluding hydrogens is 215 g/mol. The van der Waals surface area contributed by atoms with Crippen molar-refractivity contribution in [3.8, 4) is 0 Å². The second-order valence-corrected chi connectivity index (χ2v) is 4.76. The molecule has 1 aromatic carbocycles. The van der Waals surface area contributed by atoms with Crippen LogP contribution in [0.2, 0.25) is 0 Å². The standard InChI is InChI=1S/C14H21FN2/c1-2-17(13-8-6-12(15)7-9-13)14(10-16)11-4-3-5-11/h6-9,11,14H,2-5,10,16H2,1H3. The maximum absolute atomic E-state index is 12.9. The van der Waals surface area contributed by atoms with Gasteiger partial charge in [-0.3, -0.25) is 0 Å². The molecule has 1 atom stereocenters. The van der Waals surface area contributed by atoms with E-state index in [1.165, 1.54) is 31.4 Å². The topological polar surface area (TPSA) is 29.3 Å². The quantitative estimate of drug-likeness (QED) is 0.851. The first-order chi connectivity index (χ1) is 8.26. The maximum atomic E-state index is 12.9. The van der Waals surface area contributed by atoms with Crippen molar-refractivity contribution in [2.75, 3.05) is 18.0 Å². The van der Waals surface area contributed by atoms with Gasteiger partial charge in [-0.05, 0) is 49.9 Å². The molecule has 1 aliphatic carbocycles. The first-order valence-corrected chi connectivity index (χ1v) is 6.48. The Hall–Kier alpha value is -1.09. The molecule has 3 heteroatoms. The Balaban J connectivity index is 2.15. The van der Waals surface area contributed by atoms with Crippen molar-refractivity contribution in [3.63, 3.8) is 0 Å². The molecule has 1 unspecified atom stereocenters. The van der Waals surface area contributed by atoms with Gasteiger partial charge >= 0.3 is 0 Å². The monoisotopic (exact) mass is 236 g/mol. The number of hydrogen-bond donors (Lipinski definition) is 1. The third-order valence-electron chi connectivity index (χ3n) is 3.83. The average molecular weight is 236 g/mol. The van der Waals surface area contributed by atoms with E-state index < -0.39 is 0 Å². The van der Waals surface area contributed by atoms with Crippen LogP contribution < -0.4 is 10.6 Å². The summed E-state index contributed by atoms with van der Waals surface area (Å²) in [7, 11) is 0. The number of rotatable bonds is 5. The van der Waals surface area contributed by atoms with Crippen molar-refractivity contribution < 1.29 is 4.39 Å². The Bertz CT molecular complexity index is 346. The zero-order valence-corrected chi connectivity index (χ0v) is 10.4. The van der Waals surface area contributed by atoms with Gasteiger partial charge in [-0.25, -0.2) is 4.39 Å². The van der Waals surface area contributed by atoms with E-state index in [2.05, 4.69) is 11.8 Å². The number of anilines is 1. The molecule has 1 aliphatic rings. The van der Waals surface area contributed by atoms with E-state index in [4.69, 9.17) is 5.73 Å². The smallest absolute Gasteiger partial charge is 0.123 e. The van der Waals surface area contributed by atoms with Gasteiger partial charge in [-0.1, -0.05) is 6.42 Å². The zero-order valence-electron chi connectivity index (χ0n) is 10.4. The van der Waals surface area contributed by atoms with Gasteiger partial charge < -0.3 is 10.6 Å². The Morgan fingerprint density at radius 2 is 2.00 bits per heavy atom. The highest BCUT2D eigenvalue weighted by atomic mass is 19.1. The average Bonchev–Trinajstić information content (AvgIpc) is 2.28. The molecule has 2 nitrogen and oxygen atoms in total. The van der Waals surface area contributed by atoms with E-state index in [-0.39, 0.29) is 5.82 Å². The van der Waals surface area contributed by atoms with Crippen molar-refractivity contribution in [1.29, 1.82) is 0 Å². The summed E-state index contributed by atoms with van der Waals surface area (Å²) in [5, 5.41) is 0. The molecule has 0 saturated heterocycles. The van der Waals surface area contributed by atoms with Crippen LogP contribution in [0.4, 0.5) is 10.1 Å². The normalized spacial score (nSPS) is 17.6. The highest BCUT2D eigenvalue weighted by Crippen LogP contribution is 2.33. The molecule has 17 heavy (non-hydrogen) atoms. The summed E-state index contributed by atoms with van der Waals surface area (Å²) in [5.41, 5.74) is 6.99. The van der Waals surface area contributed by atoms with Gasteiger partial charge in [0.2, 0.25) is 0 Å². The van der Waals surface area contributed by atoms with Crippen LogP contribution in [-0.4, -0.2) is 19.1 Å². The van der Waals surface area contributed by atoms with E-state index in [0.717, 1.165) is 12.2 Å². The lowest BCUT2D eigenvalue weighted by Crippen LogP contribution is -2.48. The molecule has 2 rings (SSSR count). The third kappa shape index (κ3) is 2.60. The van der Waals surface area contributed by atoms with Gasteiger partial charge in [0.25, 0.3) is 0 Å². The minimum atomic E-state index is -0.183. The van der Waals surface area contributed by atoms with E-state index in [0.29, 0.717) is 18.5 Å². The van der Waals surface area contributed by atoms with Crippen LogP contribution in [0, 0.1) is 11.7 Å². The molecule has 0 aromatic heterocycles. The van der Waals surface area contributed by atoms with Crippen LogP contribution in [0.5, 0.6) is 0 Å². The van der Waals surface area contributed by atoms with Crippen LogP contribution in [0.3, 0.4) is 0 Å². The summed E-state index contributed by atoms with van der Waals surface area (Å²) in [4.78, 5) is 2.31. The van der Waals surface area contributed by atoms with Crippen LogP contribution in [-0.2, 0) is 0 Å². The number of likely N-dealkylation sites (N-methyl/N-ethyl adjacent to an activating group) is 1. The fourth-order valence-corrected chi connectivity index (χ4v) is 2.64. The van der Waals surface area contributed by atoms with Crippen LogP contribution >= 0.6 is 0 Å². The Labute approximate surface area is 103 Å². The second kappa shape index (κ2) is 5.50. The lowest BCUT2D eigenvalue weighted by Gasteiger charge is -2.41. The SMILES string of the molecule is CCN(c1ccc(F)cc1)C(CN)C1CCC1. The first-order valence-electron chi connectivity index (χ1n) is 6.48. The second-order valence-electron chi connectivity index (χ2n) is 4.76. The van der Waals surface area contributed by atoms with Crippen molar-refractivity contribution in [2.45, 2.75) is 32.2 Å². The Kier molecular flexibility index (Phi) is 4.00. The summed E-state index contributed by atoms with van der Waals surface area (Å²) in [5.74, 6) is 0.530. The van der Waals surface area contributed by atoms with Gasteiger partial charge in [-0.2, -0.15) is 0 Å². The highest BCUT2D eigenvalue weighted by Gasteiger charge is 2.30. The number of benzene rings is 1. The van der Waals surface area contributed by atoms with Gasteiger partial charge in [-0.15, -0.1) is 0 Å². The molecule has 0 aliphatic heterocycles. The predicted octanol–water partition coefficient (Wildman–Crippen LogP) is 2.78. The summed E-state index contributed by atoms with van der Waals surface area (Å²) in [6, 6.07) is 7.14. The molecule has 0 radical (unpaired) electrons. The Morgan fingerprint density at radius 3 is 2.41 bits per heavy atom. The van der Waals surface area contributed by atoms with Gasteiger partial charge in [0.05, 0.1) is 0 Å². The molecular formula is C14H21FN2. The number of halogens is 1. The van der Waals surface area contributed by atoms with Crippen LogP contribution in [0.25, 0.3) is 0 Å². The minimum Gasteiger partial charge on any atom is -0.367 e. The molecule has 1 aromatic rings. The number of hydrogen-bond acceptors (Lipinski definition) is 2. The van der Waals surface area contributed by atoms with Gasteiger partial charge in [0, 0.05) is 24.8 Å². The molecule has 1 saturated carbocycles. The van der Waals surface area contributed by atoms with E-state index in [9.17, 15) is 4.39 Å².